The number of fused-ring (bicyclic) bond motifs is 2. The van der Waals surface area contributed by atoms with E-state index >= 15 is 0 Å². The quantitative estimate of drug-likeness (QED) is 0.866. The Kier molecular flexibility index (Phi) is 3.10. The molecule has 2 bridgehead atoms. The van der Waals surface area contributed by atoms with Crippen LogP contribution in [0, 0.1) is 11.8 Å². The van der Waals surface area contributed by atoms with Crippen molar-refractivity contribution in [2.75, 3.05) is 6.54 Å². The first kappa shape index (κ1) is 15.6. The number of amides is 1. The zero-order valence-electron chi connectivity index (χ0n) is 14.3. The molecule has 3 heterocycles. The van der Waals surface area contributed by atoms with E-state index in [0.717, 1.165) is 16.3 Å². The number of carboxylic acids is 1. The van der Waals surface area contributed by atoms with Gasteiger partial charge < -0.3 is 14.7 Å². The summed E-state index contributed by atoms with van der Waals surface area (Å²) in [5.74, 6) is -2.50. The van der Waals surface area contributed by atoms with Crippen molar-refractivity contribution in [1.29, 1.82) is 0 Å². The Bertz CT molecular complexity index is 967. The van der Waals surface area contributed by atoms with E-state index in [1.807, 2.05) is 31.2 Å². The topological polar surface area (TPSA) is 66.8 Å². The van der Waals surface area contributed by atoms with E-state index in [-0.39, 0.29) is 11.9 Å². The fraction of sp³-hybridized carbons (Fsp3) is 0.333. The van der Waals surface area contributed by atoms with Crippen LogP contribution in [-0.4, -0.2) is 40.1 Å². The number of likely N-dealkylation sites (tertiary alicyclic amines) is 1. The molecule has 0 aliphatic carbocycles. The third-order valence-electron chi connectivity index (χ3n) is 6.14. The van der Waals surface area contributed by atoms with Gasteiger partial charge in [-0.25, -0.2) is 0 Å². The van der Waals surface area contributed by atoms with Gasteiger partial charge in [-0.2, -0.15) is 0 Å². The number of ether oxygens (including phenoxy) is 1. The molecule has 2 aromatic rings. The molecule has 2 fully saturated rings. The molecular weight excluding hydrogens is 330 g/mol. The van der Waals surface area contributed by atoms with Crippen LogP contribution in [0.25, 0.3) is 10.8 Å². The number of carbonyl (C=O) groups is 2. The fourth-order valence-corrected chi connectivity index (χ4v) is 4.79. The molecule has 26 heavy (non-hydrogen) atoms. The molecule has 5 heteroatoms. The summed E-state index contributed by atoms with van der Waals surface area (Å²) < 4.78 is 5.96. The van der Waals surface area contributed by atoms with Gasteiger partial charge in [-0.05, 0) is 29.3 Å². The largest absolute Gasteiger partial charge is 0.481 e. The minimum absolute atomic E-state index is 0.120. The highest BCUT2D eigenvalue weighted by molar-refractivity contribution is 5.91. The molecule has 1 spiro atoms. The maximum absolute atomic E-state index is 13.1. The van der Waals surface area contributed by atoms with Gasteiger partial charge in [-0.15, -0.1) is 0 Å². The lowest BCUT2D eigenvalue weighted by atomic mass is 9.77. The normalized spacial score (nSPS) is 33.0. The molecule has 5 atom stereocenters. The van der Waals surface area contributed by atoms with Crippen molar-refractivity contribution in [2.24, 2.45) is 11.8 Å². The second-order valence-electron chi connectivity index (χ2n) is 7.49. The lowest BCUT2D eigenvalue weighted by Gasteiger charge is -2.27. The average molecular weight is 349 g/mol. The van der Waals surface area contributed by atoms with Gasteiger partial charge in [0.2, 0.25) is 5.91 Å². The van der Waals surface area contributed by atoms with Gasteiger partial charge >= 0.3 is 5.97 Å². The first-order valence-corrected chi connectivity index (χ1v) is 8.89. The van der Waals surface area contributed by atoms with Crippen LogP contribution < -0.4 is 0 Å². The molecule has 1 N–H and O–H groups in total. The van der Waals surface area contributed by atoms with Gasteiger partial charge in [-0.1, -0.05) is 48.6 Å². The van der Waals surface area contributed by atoms with E-state index in [0.29, 0.717) is 6.54 Å². The summed E-state index contributed by atoms with van der Waals surface area (Å²) in [6.07, 6.45) is 3.21. The van der Waals surface area contributed by atoms with E-state index in [2.05, 4.69) is 24.3 Å². The lowest BCUT2D eigenvalue weighted by Crippen LogP contribution is -2.39. The predicted octanol–water partition coefficient (Wildman–Crippen LogP) is 2.77. The van der Waals surface area contributed by atoms with Crippen molar-refractivity contribution in [3.8, 4) is 0 Å². The van der Waals surface area contributed by atoms with Gasteiger partial charge in [0.1, 0.15) is 11.5 Å². The zero-order valence-corrected chi connectivity index (χ0v) is 14.3. The van der Waals surface area contributed by atoms with Gasteiger partial charge in [0.05, 0.1) is 24.6 Å². The van der Waals surface area contributed by atoms with Crippen molar-refractivity contribution in [2.45, 2.75) is 24.7 Å². The highest BCUT2D eigenvalue weighted by atomic mass is 16.5. The van der Waals surface area contributed by atoms with Crippen LogP contribution in [0.1, 0.15) is 18.5 Å². The zero-order chi connectivity index (χ0) is 18.1. The summed E-state index contributed by atoms with van der Waals surface area (Å²) >= 11 is 0. The molecule has 3 aliphatic heterocycles. The van der Waals surface area contributed by atoms with Crippen LogP contribution in [0.4, 0.5) is 0 Å². The summed E-state index contributed by atoms with van der Waals surface area (Å²) in [6, 6.07) is 14.2. The minimum Gasteiger partial charge on any atom is -0.481 e. The number of carbonyl (C=O) groups excluding carboxylic acids is 1. The van der Waals surface area contributed by atoms with Crippen molar-refractivity contribution in [3.63, 3.8) is 0 Å². The standard InChI is InChI=1S/C21H19NO4/c1-12(14-7-6-13-4-2-3-5-15(13)10-14)22-11-21-9-8-16(26-21)17(20(24)25)18(21)19(22)23/h2-10,12,16-18H,11H2,1H3,(H,24,25). The molecule has 5 unspecified atom stereocenters. The van der Waals surface area contributed by atoms with Crippen molar-refractivity contribution in [1.82, 2.24) is 4.90 Å². The van der Waals surface area contributed by atoms with Crippen LogP contribution in [-0.2, 0) is 14.3 Å². The summed E-state index contributed by atoms with van der Waals surface area (Å²) in [7, 11) is 0. The number of benzene rings is 2. The monoisotopic (exact) mass is 349 g/mol. The molecule has 2 aromatic carbocycles. The van der Waals surface area contributed by atoms with Crippen molar-refractivity contribution < 1.29 is 19.4 Å². The Morgan fingerprint density at radius 2 is 2.04 bits per heavy atom. The Labute approximate surface area is 150 Å². The Morgan fingerprint density at radius 3 is 2.81 bits per heavy atom. The van der Waals surface area contributed by atoms with E-state index in [1.54, 1.807) is 11.0 Å². The number of rotatable bonds is 3. The molecule has 0 radical (unpaired) electrons. The highest BCUT2D eigenvalue weighted by Crippen LogP contribution is 2.53. The molecule has 5 rings (SSSR count). The summed E-state index contributed by atoms with van der Waals surface area (Å²) in [6.45, 7) is 2.40. The van der Waals surface area contributed by atoms with Crippen molar-refractivity contribution in [3.05, 3.63) is 60.2 Å². The Hall–Kier alpha value is -2.66. The number of hydrogen-bond acceptors (Lipinski definition) is 3. The van der Waals surface area contributed by atoms with Gasteiger partial charge in [0.15, 0.2) is 0 Å². The van der Waals surface area contributed by atoms with Crippen LogP contribution >= 0.6 is 0 Å². The lowest BCUT2D eigenvalue weighted by molar-refractivity contribution is -0.148. The molecule has 132 valence electrons. The number of carboxylic acid groups (broad SMARTS) is 1. The van der Waals surface area contributed by atoms with Gasteiger partial charge in [-0.3, -0.25) is 9.59 Å². The average Bonchev–Trinajstić information content (AvgIpc) is 3.29. The SMILES string of the molecule is CC(c1ccc2ccccc2c1)N1CC23C=CC(O2)C(C(=O)O)C3C1=O. The third-order valence-corrected chi connectivity index (χ3v) is 6.14. The third kappa shape index (κ3) is 1.95. The maximum atomic E-state index is 13.1. The fourth-order valence-electron chi connectivity index (χ4n) is 4.79. The van der Waals surface area contributed by atoms with Gasteiger partial charge in [0.25, 0.3) is 0 Å². The van der Waals surface area contributed by atoms with Crippen LogP contribution in [0.5, 0.6) is 0 Å². The van der Waals surface area contributed by atoms with Crippen LogP contribution in [0.15, 0.2) is 54.6 Å². The Morgan fingerprint density at radius 1 is 1.27 bits per heavy atom. The summed E-state index contributed by atoms with van der Waals surface area (Å²) in [5, 5.41) is 11.9. The highest BCUT2D eigenvalue weighted by Gasteiger charge is 2.67. The van der Waals surface area contributed by atoms with Gasteiger partial charge in [0, 0.05) is 0 Å². The van der Waals surface area contributed by atoms with Crippen molar-refractivity contribution >= 4 is 22.6 Å². The second kappa shape index (κ2) is 5.17. The second-order valence-corrected chi connectivity index (χ2v) is 7.49. The minimum atomic E-state index is -0.959. The van der Waals surface area contributed by atoms with E-state index in [4.69, 9.17) is 4.74 Å². The molecule has 3 aliphatic rings. The molecule has 0 saturated carbocycles. The van der Waals surface area contributed by atoms with Crippen LogP contribution in [0.2, 0.25) is 0 Å². The molecular formula is C21H19NO4. The molecule has 0 aromatic heterocycles. The first-order valence-electron chi connectivity index (χ1n) is 8.89. The maximum Gasteiger partial charge on any atom is 0.310 e. The number of nitrogens with zero attached hydrogens (tertiary/aromatic N) is 1. The van der Waals surface area contributed by atoms with E-state index < -0.39 is 29.5 Å². The molecule has 5 nitrogen and oxygen atoms in total. The Balaban J connectivity index is 1.50. The number of aliphatic carboxylic acids is 1. The van der Waals surface area contributed by atoms with Crippen LogP contribution in [0.3, 0.4) is 0 Å². The first-order chi connectivity index (χ1) is 12.5. The molecule has 1 amide bonds. The smallest absolute Gasteiger partial charge is 0.310 e. The van der Waals surface area contributed by atoms with E-state index in [9.17, 15) is 14.7 Å². The van der Waals surface area contributed by atoms with E-state index in [1.165, 1.54) is 0 Å². The molecule has 2 saturated heterocycles. The predicted molar refractivity (Wildman–Crippen MR) is 95.4 cm³/mol. The summed E-state index contributed by atoms with van der Waals surface area (Å²) in [4.78, 5) is 26.6. The summed E-state index contributed by atoms with van der Waals surface area (Å²) in [5.41, 5.74) is 0.259. The number of hydrogen-bond donors (Lipinski definition) is 1.